The lowest BCUT2D eigenvalue weighted by Crippen LogP contribution is -2.36. The van der Waals surface area contributed by atoms with Gasteiger partial charge in [-0.05, 0) is 31.6 Å². The van der Waals surface area contributed by atoms with E-state index in [2.05, 4.69) is 5.32 Å². The minimum atomic E-state index is -0.248. The summed E-state index contributed by atoms with van der Waals surface area (Å²) in [6.07, 6.45) is 4.10. The minimum absolute atomic E-state index is 0.0489. The maximum absolute atomic E-state index is 11.6. The highest BCUT2D eigenvalue weighted by Crippen LogP contribution is 2.27. The molecule has 2 unspecified atom stereocenters. The van der Waals surface area contributed by atoms with Crippen LogP contribution in [0, 0.1) is 5.92 Å². The van der Waals surface area contributed by atoms with Gasteiger partial charge in [0.15, 0.2) is 0 Å². The van der Waals surface area contributed by atoms with Gasteiger partial charge in [0.05, 0.1) is 6.10 Å². The SMILES string of the molecule is NCC1CCC(C(=O)NCC2CC2)O1. The molecule has 0 aromatic heterocycles. The number of carbonyl (C=O) groups is 1. The molecule has 80 valence electrons. The van der Waals surface area contributed by atoms with Crippen LogP contribution in [-0.4, -0.2) is 31.2 Å². The van der Waals surface area contributed by atoms with Crippen molar-refractivity contribution in [1.82, 2.24) is 5.32 Å². The normalized spacial score (nSPS) is 31.8. The molecule has 2 rings (SSSR count). The zero-order chi connectivity index (χ0) is 9.97. The van der Waals surface area contributed by atoms with E-state index in [4.69, 9.17) is 10.5 Å². The number of carbonyl (C=O) groups excluding carboxylic acids is 1. The van der Waals surface area contributed by atoms with Gasteiger partial charge in [0, 0.05) is 13.1 Å². The van der Waals surface area contributed by atoms with Crippen molar-refractivity contribution >= 4 is 5.91 Å². The first-order valence-electron chi connectivity index (χ1n) is 5.43. The van der Waals surface area contributed by atoms with E-state index in [1.165, 1.54) is 12.8 Å². The molecule has 0 aromatic rings. The maximum atomic E-state index is 11.6. The Hall–Kier alpha value is -0.610. The van der Waals surface area contributed by atoms with E-state index in [1.807, 2.05) is 0 Å². The van der Waals surface area contributed by atoms with Crippen LogP contribution in [0.3, 0.4) is 0 Å². The third-order valence-corrected chi connectivity index (χ3v) is 2.92. The summed E-state index contributed by atoms with van der Waals surface area (Å²) in [4.78, 5) is 11.6. The van der Waals surface area contributed by atoms with E-state index < -0.39 is 0 Å². The standard InChI is InChI=1S/C10H18N2O2/c11-5-8-3-4-9(14-8)10(13)12-6-7-1-2-7/h7-9H,1-6,11H2,(H,12,13). The molecule has 2 fully saturated rings. The zero-order valence-electron chi connectivity index (χ0n) is 8.37. The Morgan fingerprint density at radius 3 is 2.71 bits per heavy atom. The summed E-state index contributed by atoms with van der Waals surface area (Å²) in [5, 5.41) is 2.93. The van der Waals surface area contributed by atoms with Crippen molar-refractivity contribution in [3.8, 4) is 0 Å². The predicted octanol–water partition coefficient (Wildman–Crippen LogP) is 0.0189. The van der Waals surface area contributed by atoms with Crippen LogP contribution in [0.1, 0.15) is 25.7 Å². The van der Waals surface area contributed by atoms with Crippen LogP contribution in [0.4, 0.5) is 0 Å². The van der Waals surface area contributed by atoms with Crippen LogP contribution in [0.5, 0.6) is 0 Å². The molecule has 0 radical (unpaired) electrons. The number of ether oxygens (including phenoxy) is 1. The molecule has 1 aliphatic heterocycles. The van der Waals surface area contributed by atoms with Gasteiger partial charge >= 0.3 is 0 Å². The van der Waals surface area contributed by atoms with Gasteiger partial charge < -0.3 is 15.8 Å². The smallest absolute Gasteiger partial charge is 0.249 e. The fourth-order valence-corrected chi connectivity index (χ4v) is 1.75. The average Bonchev–Trinajstić information content (AvgIpc) is 2.90. The molecular formula is C10H18N2O2. The third kappa shape index (κ3) is 2.45. The number of hydrogen-bond donors (Lipinski definition) is 2. The van der Waals surface area contributed by atoms with Gasteiger partial charge in [0.25, 0.3) is 0 Å². The summed E-state index contributed by atoms with van der Waals surface area (Å²) in [6, 6.07) is 0. The van der Waals surface area contributed by atoms with Gasteiger partial charge in [-0.25, -0.2) is 0 Å². The van der Waals surface area contributed by atoms with Gasteiger partial charge in [0.1, 0.15) is 6.10 Å². The summed E-state index contributed by atoms with van der Waals surface area (Å²) in [7, 11) is 0. The molecule has 1 amide bonds. The minimum Gasteiger partial charge on any atom is -0.364 e. The third-order valence-electron chi connectivity index (χ3n) is 2.92. The molecule has 0 aromatic carbocycles. The van der Waals surface area contributed by atoms with Crippen molar-refractivity contribution in [2.45, 2.75) is 37.9 Å². The summed E-state index contributed by atoms with van der Waals surface area (Å²) < 4.78 is 5.49. The Labute approximate surface area is 84.2 Å². The molecule has 0 spiro atoms. The van der Waals surface area contributed by atoms with E-state index in [9.17, 15) is 4.79 Å². The fourth-order valence-electron chi connectivity index (χ4n) is 1.75. The molecule has 1 saturated heterocycles. The maximum Gasteiger partial charge on any atom is 0.249 e. The highest BCUT2D eigenvalue weighted by molar-refractivity contribution is 5.81. The lowest BCUT2D eigenvalue weighted by atomic mass is 10.2. The van der Waals surface area contributed by atoms with Crippen molar-refractivity contribution in [3.05, 3.63) is 0 Å². The summed E-state index contributed by atoms with van der Waals surface area (Å²) >= 11 is 0. The van der Waals surface area contributed by atoms with E-state index in [0.29, 0.717) is 6.54 Å². The average molecular weight is 198 g/mol. The van der Waals surface area contributed by atoms with Crippen LogP contribution in [-0.2, 0) is 9.53 Å². The molecule has 2 atom stereocenters. The molecule has 3 N–H and O–H groups in total. The first kappa shape index (κ1) is 9.93. The van der Waals surface area contributed by atoms with E-state index in [1.54, 1.807) is 0 Å². The van der Waals surface area contributed by atoms with Gasteiger partial charge in [-0.1, -0.05) is 0 Å². The zero-order valence-corrected chi connectivity index (χ0v) is 8.37. The highest BCUT2D eigenvalue weighted by atomic mass is 16.5. The second-order valence-corrected chi connectivity index (χ2v) is 4.25. The van der Waals surface area contributed by atoms with Crippen LogP contribution in [0.2, 0.25) is 0 Å². The van der Waals surface area contributed by atoms with Gasteiger partial charge in [-0.15, -0.1) is 0 Å². The van der Waals surface area contributed by atoms with Crippen LogP contribution < -0.4 is 11.1 Å². The predicted molar refractivity (Wildman–Crippen MR) is 52.7 cm³/mol. The van der Waals surface area contributed by atoms with E-state index >= 15 is 0 Å². The van der Waals surface area contributed by atoms with Crippen LogP contribution in [0.15, 0.2) is 0 Å². The molecular weight excluding hydrogens is 180 g/mol. The Balaban J connectivity index is 1.69. The Morgan fingerprint density at radius 2 is 2.14 bits per heavy atom. The molecule has 2 aliphatic rings. The molecule has 1 heterocycles. The molecule has 0 bridgehead atoms. The van der Waals surface area contributed by atoms with Crippen LogP contribution >= 0.6 is 0 Å². The largest absolute Gasteiger partial charge is 0.364 e. The Kier molecular flexibility index (Phi) is 3.03. The lowest BCUT2D eigenvalue weighted by Gasteiger charge is -2.12. The van der Waals surface area contributed by atoms with Crippen molar-refractivity contribution in [2.24, 2.45) is 11.7 Å². The van der Waals surface area contributed by atoms with Gasteiger partial charge in [-0.2, -0.15) is 0 Å². The molecule has 4 nitrogen and oxygen atoms in total. The van der Waals surface area contributed by atoms with Crippen molar-refractivity contribution in [1.29, 1.82) is 0 Å². The first-order chi connectivity index (χ1) is 6.79. The number of rotatable bonds is 4. The molecule has 1 aliphatic carbocycles. The monoisotopic (exact) mass is 198 g/mol. The van der Waals surface area contributed by atoms with Crippen molar-refractivity contribution in [2.75, 3.05) is 13.1 Å². The quantitative estimate of drug-likeness (QED) is 0.669. The number of nitrogens with one attached hydrogen (secondary N) is 1. The fraction of sp³-hybridized carbons (Fsp3) is 0.900. The van der Waals surface area contributed by atoms with Gasteiger partial charge in [0.2, 0.25) is 5.91 Å². The first-order valence-corrected chi connectivity index (χ1v) is 5.43. The summed E-state index contributed by atoms with van der Waals surface area (Å²) in [5.41, 5.74) is 5.47. The van der Waals surface area contributed by atoms with Gasteiger partial charge in [-0.3, -0.25) is 4.79 Å². The highest BCUT2D eigenvalue weighted by Gasteiger charge is 2.30. The molecule has 4 heteroatoms. The lowest BCUT2D eigenvalue weighted by molar-refractivity contribution is -0.131. The number of nitrogens with two attached hydrogens (primary N) is 1. The molecule has 14 heavy (non-hydrogen) atoms. The Morgan fingerprint density at radius 1 is 1.36 bits per heavy atom. The van der Waals surface area contributed by atoms with Crippen molar-refractivity contribution < 1.29 is 9.53 Å². The second-order valence-electron chi connectivity index (χ2n) is 4.25. The topological polar surface area (TPSA) is 64.4 Å². The number of amides is 1. The molecule has 1 saturated carbocycles. The second kappa shape index (κ2) is 4.28. The van der Waals surface area contributed by atoms with E-state index in [0.717, 1.165) is 25.3 Å². The number of hydrogen-bond acceptors (Lipinski definition) is 3. The van der Waals surface area contributed by atoms with Crippen molar-refractivity contribution in [3.63, 3.8) is 0 Å². The summed E-state index contributed by atoms with van der Waals surface area (Å²) in [5.74, 6) is 0.776. The Bertz CT molecular complexity index is 216. The van der Waals surface area contributed by atoms with Crippen LogP contribution in [0.25, 0.3) is 0 Å². The van der Waals surface area contributed by atoms with E-state index in [-0.39, 0.29) is 18.1 Å². The summed E-state index contributed by atoms with van der Waals surface area (Å²) in [6.45, 7) is 1.35.